The minimum absolute atomic E-state index is 0.0533. The number of halogens is 1. The summed E-state index contributed by atoms with van der Waals surface area (Å²) in [6.07, 6.45) is 1.98. The zero-order chi connectivity index (χ0) is 31.7. The van der Waals surface area contributed by atoms with E-state index >= 15 is 4.79 Å². The van der Waals surface area contributed by atoms with Crippen molar-refractivity contribution in [3.05, 3.63) is 94.6 Å². The van der Waals surface area contributed by atoms with Gasteiger partial charge in [0.05, 0.1) is 12.5 Å². The minimum Gasteiger partial charge on any atom is -0.361 e. The van der Waals surface area contributed by atoms with E-state index in [1.807, 2.05) is 104 Å². The first-order valence-corrected chi connectivity index (χ1v) is 16.6. The van der Waals surface area contributed by atoms with Crippen LogP contribution in [0, 0.1) is 6.92 Å². The molecule has 0 spiro atoms. The lowest BCUT2D eigenvalue weighted by atomic mass is 9.90. The van der Waals surface area contributed by atoms with Crippen molar-refractivity contribution in [2.75, 3.05) is 32.7 Å². The van der Waals surface area contributed by atoms with E-state index in [9.17, 15) is 9.59 Å². The molecule has 3 aromatic carbocycles. The molecule has 11 heteroatoms. The molecule has 2 saturated heterocycles. The maximum Gasteiger partial charge on any atom is 0.317 e. The van der Waals surface area contributed by atoms with Crippen molar-refractivity contribution >= 4 is 65.4 Å². The van der Waals surface area contributed by atoms with Crippen molar-refractivity contribution in [3.63, 3.8) is 0 Å². The number of rotatable bonds is 7. The smallest absolute Gasteiger partial charge is 0.317 e. The number of aryl methyl sites for hydroxylation is 1. The summed E-state index contributed by atoms with van der Waals surface area (Å²) < 4.78 is -1.15. The minimum atomic E-state index is -1.15. The molecule has 232 valence electrons. The quantitative estimate of drug-likeness (QED) is 0.295. The Hall–Kier alpha value is -3.89. The number of carbonyl (C=O) groups is 3. The summed E-state index contributed by atoms with van der Waals surface area (Å²) in [5, 5.41) is 4.39. The predicted octanol–water partition coefficient (Wildman–Crippen LogP) is 4.27. The number of nitrogens with one attached hydrogen (secondary N) is 2. The van der Waals surface area contributed by atoms with Crippen molar-refractivity contribution in [1.29, 1.82) is 0 Å². The Kier molecular flexibility index (Phi) is 8.88. The number of aromatic amines is 1. The Morgan fingerprint density at radius 3 is 2.40 bits per heavy atom. The number of carbonyl (C=O) groups excluding carboxylic acids is 3. The van der Waals surface area contributed by atoms with Crippen LogP contribution in [0.2, 0.25) is 5.02 Å². The van der Waals surface area contributed by atoms with Gasteiger partial charge in [-0.2, -0.15) is 0 Å². The fourth-order valence-electron chi connectivity index (χ4n) is 6.44. The summed E-state index contributed by atoms with van der Waals surface area (Å²) >= 11 is 7.84. The number of urea groups is 1. The number of piperazine rings is 1. The van der Waals surface area contributed by atoms with Gasteiger partial charge in [0.1, 0.15) is 12.6 Å². The van der Waals surface area contributed by atoms with Gasteiger partial charge in [0, 0.05) is 71.8 Å². The summed E-state index contributed by atoms with van der Waals surface area (Å²) in [6, 6.07) is 21.3. The molecule has 1 aromatic heterocycles. The molecule has 45 heavy (non-hydrogen) atoms. The zero-order valence-corrected chi connectivity index (χ0v) is 27.4. The van der Waals surface area contributed by atoms with Crippen LogP contribution < -0.4 is 10.8 Å². The highest BCUT2D eigenvalue weighted by atomic mass is 35.5. The van der Waals surface area contributed by atoms with Gasteiger partial charge in [0.15, 0.2) is 0 Å². The van der Waals surface area contributed by atoms with Crippen molar-refractivity contribution in [3.8, 4) is 0 Å². The number of H-pyrrole nitrogens is 1. The Morgan fingerprint density at radius 2 is 1.71 bits per heavy atom. The summed E-state index contributed by atoms with van der Waals surface area (Å²) in [7, 11) is 2.04. The largest absolute Gasteiger partial charge is 0.361 e. The van der Waals surface area contributed by atoms with Gasteiger partial charge < -0.3 is 25.0 Å². The number of nitrogens with zero attached hydrogens (tertiary/aromatic N) is 3. The van der Waals surface area contributed by atoms with E-state index in [0.29, 0.717) is 44.3 Å². The number of likely N-dealkylation sites (tertiary alicyclic amines) is 1. The van der Waals surface area contributed by atoms with Gasteiger partial charge in [0.25, 0.3) is 0 Å². The first-order chi connectivity index (χ1) is 21.7. The van der Waals surface area contributed by atoms with E-state index in [2.05, 4.69) is 10.3 Å². The molecule has 2 N–H and O–H groups in total. The maximum absolute atomic E-state index is 15.1. The number of amides is 4. The number of benzene rings is 3. The molecule has 2 aliphatic rings. The van der Waals surface area contributed by atoms with Crippen LogP contribution in [0.1, 0.15) is 36.1 Å². The van der Waals surface area contributed by atoms with Crippen LogP contribution in [0.25, 0.3) is 10.9 Å². The van der Waals surface area contributed by atoms with Crippen LogP contribution in [0.4, 0.5) is 4.79 Å². The molecule has 8 nitrogen and oxygen atoms in total. The molecule has 6 rings (SSSR count). The fourth-order valence-corrected chi connectivity index (χ4v) is 8.09. The Balaban J connectivity index is 1.46. The highest BCUT2D eigenvalue weighted by molar-refractivity contribution is 8.01. The molecule has 4 amide bonds. The molecule has 0 saturated carbocycles. The fraction of sp³-hybridized carbons (Fsp3) is 0.324. The van der Waals surface area contributed by atoms with Crippen LogP contribution in [-0.4, -0.2) is 82.8 Å². The number of fused-ring (bicyclic) bond motifs is 1. The van der Waals surface area contributed by atoms with E-state index in [1.54, 1.807) is 4.90 Å². The second-order valence-corrected chi connectivity index (χ2v) is 13.8. The molecule has 0 radical (unpaired) electrons. The molecule has 1 unspecified atom stereocenters. The van der Waals surface area contributed by atoms with Crippen LogP contribution in [0.3, 0.4) is 0 Å². The van der Waals surface area contributed by atoms with Crippen LogP contribution in [-0.2, 0) is 16.1 Å². The number of hydrogen-bond acceptors (Lipinski definition) is 4. The monoisotopic (exact) mass is 641 g/mol. The van der Waals surface area contributed by atoms with E-state index in [4.69, 9.17) is 11.6 Å². The normalized spacial score (nSPS) is 20.2. The van der Waals surface area contributed by atoms with Crippen LogP contribution in [0.15, 0.2) is 77.8 Å². The van der Waals surface area contributed by atoms with Gasteiger partial charge in [-0.05, 0) is 43.7 Å². The SMILES string of the molecule is Bc1ccc(CN2C(=O)CC(Sc3ccc(C)cc3)(C(=O)N3CCN(C(=O)NCC)CC3)[C@H]2c2c[nH]c3cc(Cl)ccc23)cc1. The highest BCUT2D eigenvalue weighted by Crippen LogP contribution is 2.55. The third-order valence-corrected chi connectivity index (χ3v) is 10.4. The standard InChI is InChI=1S/C34H37BClN5O3S/c1-3-37-33(44)40-16-14-39(15-17-40)32(43)34(45-26-11-4-22(2)5-12-26)19-30(42)41(21-23-6-8-24(35)9-7-23)31(34)28-20-38-29-18-25(36)10-13-27(28)29/h4-13,18,20,31,38H,3,14-17,19,21,35H2,1-2H3,(H,37,44)/t31-,34?/m1/s1. The maximum atomic E-state index is 15.1. The van der Waals surface area contributed by atoms with Gasteiger partial charge in [-0.1, -0.05) is 65.1 Å². The lowest BCUT2D eigenvalue weighted by Gasteiger charge is -2.42. The third kappa shape index (κ3) is 6.18. The molecule has 2 aliphatic heterocycles. The Bertz CT molecular complexity index is 1720. The van der Waals surface area contributed by atoms with E-state index in [1.165, 1.54) is 11.8 Å². The van der Waals surface area contributed by atoms with Crippen LogP contribution in [0.5, 0.6) is 0 Å². The summed E-state index contributed by atoms with van der Waals surface area (Å²) in [5.74, 6) is -0.158. The molecular formula is C34H37BClN5O3S. The van der Waals surface area contributed by atoms with Gasteiger partial charge in [-0.3, -0.25) is 9.59 Å². The summed E-state index contributed by atoms with van der Waals surface area (Å²) in [5.41, 5.74) is 5.00. The molecular weight excluding hydrogens is 605 g/mol. The predicted molar refractivity (Wildman–Crippen MR) is 183 cm³/mol. The second kappa shape index (κ2) is 12.8. The first-order valence-electron chi connectivity index (χ1n) is 15.4. The third-order valence-electron chi connectivity index (χ3n) is 8.80. The number of hydrogen-bond donors (Lipinski definition) is 2. The Labute approximate surface area is 273 Å². The average Bonchev–Trinajstić information content (AvgIpc) is 3.56. The lowest BCUT2D eigenvalue weighted by Crippen LogP contribution is -2.58. The molecule has 0 aliphatic carbocycles. The molecule has 3 heterocycles. The van der Waals surface area contributed by atoms with Crippen molar-refractivity contribution in [2.45, 2.75) is 42.5 Å². The van der Waals surface area contributed by atoms with Crippen molar-refractivity contribution in [1.82, 2.24) is 25.0 Å². The van der Waals surface area contributed by atoms with Crippen molar-refractivity contribution < 1.29 is 14.4 Å². The number of thioether (sulfide) groups is 1. The average molecular weight is 642 g/mol. The van der Waals surface area contributed by atoms with E-state index < -0.39 is 10.8 Å². The molecule has 2 fully saturated rings. The topological polar surface area (TPSA) is 88.8 Å². The first kappa shape index (κ1) is 31.1. The highest BCUT2D eigenvalue weighted by Gasteiger charge is 2.59. The lowest BCUT2D eigenvalue weighted by molar-refractivity contribution is -0.136. The summed E-state index contributed by atoms with van der Waals surface area (Å²) in [6.45, 7) is 6.50. The van der Waals surface area contributed by atoms with Gasteiger partial charge in [-0.25, -0.2) is 4.79 Å². The molecule has 0 bridgehead atoms. The van der Waals surface area contributed by atoms with Gasteiger partial charge in [0.2, 0.25) is 11.8 Å². The van der Waals surface area contributed by atoms with E-state index in [-0.39, 0.29) is 24.3 Å². The van der Waals surface area contributed by atoms with E-state index in [0.717, 1.165) is 38.0 Å². The molecule has 2 atom stereocenters. The second-order valence-electron chi connectivity index (χ2n) is 11.9. The number of aromatic nitrogens is 1. The van der Waals surface area contributed by atoms with Crippen molar-refractivity contribution in [2.24, 2.45) is 0 Å². The Morgan fingerprint density at radius 1 is 1.02 bits per heavy atom. The van der Waals surface area contributed by atoms with Gasteiger partial charge in [-0.15, -0.1) is 11.8 Å². The summed E-state index contributed by atoms with van der Waals surface area (Å²) in [4.78, 5) is 51.6. The zero-order valence-electron chi connectivity index (χ0n) is 25.8. The molecule has 4 aromatic rings. The van der Waals surface area contributed by atoms with Crippen LogP contribution >= 0.6 is 23.4 Å². The van der Waals surface area contributed by atoms with Gasteiger partial charge >= 0.3 is 6.03 Å².